The number of benzene rings is 2. The molecule has 1 aliphatic rings. The van der Waals surface area contributed by atoms with Gasteiger partial charge < -0.3 is 77.2 Å². The molecule has 1 aliphatic heterocycles. The number of ether oxygens (including phenoxy) is 3. The molecule has 1 fully saturated rings. The number of nitrogens with zero attached hydrogens (tertiary/aromatic N) is 4. The first kappa shape index (κ1) is 75.9. The van der Waals surface area contributed by atoms with E-state index in [1.165, 1.54) is 37.1 Å². The smallest absolute Gasteiger partial charge is 0.410 e. The minimum absolute atomic E-state index is 0.0155. The van der Waals surface area contributed by atoms with E-state index in [1.54, 1.807) is 97.7 Å². The molecular weight excluding hydrogens is 1150 g/mol. The SMILES string of the molecule is C=CCOC(=O)N(C)Cc1cc(NC(=O)[C@H](CCCNC(N)=O)NC(=O)[C@@H](N)C(C)C)ccc1CCN(C(=O)O)C(C(=O)NC(C(=O)N(C)C([C@@H](C)CC)[C@@H](CC(=O)N1CCC[C@H]1[C@H](OC)[C@@H](C)C(=O)N[C@H](C)[C@@H](O)c1ccccc1)OC)C(C)C)C(C)C. The van der Waals surface area contributed by atoms with E-state index in [4.69, 9.17) is 25.7 Å². The average Bonchev–Trinajstić information content (AvgIpc) is 2.36. The highest BCUT2D eigenvalue weighted by molar-refractivity contribution is 5.98. The first-order chi connectivity index (χ1) is 41.9. The van der Waals surface area contributed by atoms with Crippen molar-refractivity contribution in [1.29, 1.82) is 0 Å². The van der Waals surface area contributed by atoms with E-state index in [-0.39, 0.29) is 81.3 Å². The number of amides is 10. The van der Waals surface area contributed by atoms with Gasteiger partial charge in [0.05, 0.1) is 54.8 Å². The normalized spacial score (nSPS) is 16.9. The number of urea groups is 1. The van der Waals surface area contributed by atoms with Gasteiger partial charge in [0.1, 0.15) is 24.7 Å². The van der Waals surface area contributed by atoms with Crippen LogP contribution in [-0.4, -0.2) is 193 Å². The summed E-state index contributed by atoms with van der Waals surface area (Å²) < 4.78 is 17.3. The van der Waals surface area contributed by atoms with Gasteiger partial charge in [0.25, 0.3) is 0 Å². The third-order valence-electron chi connectivity index (χ3n) is 16.7. The fraction of sp³-hybridized carbons (Fsp3) is 0.641. The van der Waals surface area contributed by atoms with Gasteiger partial charge in [-0.25, -0.2) is 14.4 Å². The number of hydrogen-bond acceptors (Lipinski definition) is 14. The van der Waals surface area contributed by atoms with Crippen molar-refractivity contribution in [1.82, 2.24) is 40.9 Å². The zero-order valence-electron chi connectivity index (χ0n) is 54.8. The molecule has 1 heterocycles. The molecule has 3 rings (SSSR count). The second-order valence-electron chi connectivity index (χ2n) is 24.3. The van der Waals surface area contributed by atoms with Gasteiger partial charge in [-0.05, 0) is 91.5 Å². The van der Waals surface area contributed by atoms with Gasteiger partial charge >= 0.3 is 18.2 Å². The highest BCUT2D eigenvalue weighted by atomic mass is 16.6. The van der Waals surface area contributed by atoms with Crippen LogP contribution in [0.3, 0.4) is 0 Å². The Morgan fingerprint density at radius 2 is 1.49 bits per heavy atom. The quantitative estimate of drug-likeness (QED) is 0.0315. The van der Waals surface area contributed by atoms with Crippen LogP contribution in [0.25, 0.3) is 0 Å². The molecule has 0 spiro atoms. The molecule has 12 atom stereocenters. The molecule has 89 heavy (non-hydrogen) atoms. The third-order valence-corrected chi connectivity index (χ3v) is 16.7. The van der Waals surface area contributed by atoms with Crippen molar-refractivity contribution in [3.05, 3.63) is 77.9 Å². The van der Waals surface area contributed by atoms with E-state index in [0.29, 0.717) is 42.5 Å². The minimum Gasteiger partial charge on any atom is -0.465 e. The van der Waals surface area contributed by atoms with E-state index in [9.17, 15) is 53.4 Å². The number of methoxy groups -OCH3 is 2. The zero-order chi connectivity index (χ0) is 67.0. The Labute approximate surface area is 526 Å². The minimum atomic E-state index is -1.41. The monoisotopic (exact) mass is 1250 g/mol. The molecular formula is C64H103N11O14. The van der Waals surface area contributed by atoms with E-state index in [1.807, 2.05) is 32.0 Å². The predicted molar refractivity (Wildman–Crippen MR) is 339 cm³/mol. The first-order valence-corrected chi connectivity index (χ1v) is 30.9. The summed E-state index contributed by atoms with van der Waals surface area (Å²) >= 11 is 0. The molecule has 0 bridgehead atoms. The summed E-state index contributed by atoms with van der Waals surface area (Å²) in [6.07, 6.45) is -1.08. The topological polar surface area (TPSA) is 347 Å². The van der Waals surface area contributed by atoms with Crippen LogP contribution in [0.15, 0.2) is 61.2 Å². The van der Waals surface area contributed by atoms with Crippen molar-refractivity contribution in [2.45, 2.75) is 181 Å². The summed E-state index contributed by atoms with van der Waals surface area (Å²) in [4.78, 5) is 128. The van der Waals surface area contributed by atoms with Crippen LogP contribution in [-0.2, 0) is 55.9 Å². The molecule has 3 unspecified atom stereocenters. The highest BCUT2D eigenvalue weighted by Gasteiger charge is 2.44. The van der Waals surface area contributed by atoms with Gasteiger partial charge in [-0.15, -0.1) is 0 Å². The molecule has 0 saturated carbocycles. The Morgan fingerprint density at radius 1 is 0.831 bits per heavy atom. The molecule has 0 aliphatic carbocycles. The maximum Gasteiger partial charge on any atom is 0.410 e. The summed E-state index contributed by atoms with van der Waals surface area (Å²) in [6.45, 7) is 21.6. The maximum atomic E-state index is 15.0. The summed E-state index contributed by atoms with van der Waals surface area (Å²) in [6, 6.07) is 6.89. The Bertz CT molecular complexity index is 2660. The van der Waals surface area contributed by atoms with Crippen LogP contribution < -0.4 is 38.1 Å². The molecule has 1 saturated heterocycles. The van der Waals surface area contributed by atoms with Crippen molar-refractivity contribution >= 4 is 59.3 Å². The van der Waals surface area contributed by atoms with E-state index in [2.05, 4.69) is 33.2 Å². The summed E-state index contributed by atoms with van der Waals surface area (Å²) in [5, 5.41) is 35.7. The maximum absolute atomic E-state index is 15.0. The lowest BCUT2D eigenvalue weighted by Crippen LogP contribution is -2.60. The largest absolute Gasteiger partial charge is 0.465 e. The number of anilines is 1. The third kappa shape index (κ3) is 22.3. The number of likely N-dealkylation sites (tertiary alicyclic amines) is 1. The summed E-state index contributed by atoms with van der Waals surface area (Å²) in [7, 11) is 6.08. The molecule has 25 heteroatoms. The summed E-state index contributed by atoms with van der Waals surface area (Å²) in [5.74, 6) is -5.23. The van der Waals surface area contributed by atoms with E-state index in [0.717, 1.165) is 4.90 Å². The standard InChI is InChI=1S/C64H103N11O14/c1-16-33-89-64(86)72(12)36-45-34-46(69-58(79)47(25-21-30-67-62(66)83)70-59(80)51(65)37(3)4)28-27-43(45)29-32-75(63(84)85)53(39(7)8)60(81)71-52(38(5)6)61(82)73(13)54(40(9)17-2)49(87-14)35-50(76)74-31-22-26-48(74)56(88-15)41(10)57(78)68-42(11)55(77)44-23-19-18-20-24-44/h16,18-20,23-24,27-28,34,37-42,47-49,51-56,77H,1,17,21-22,25-26,29-33,35-36,65H2,2-15H3,(H,68,78)(H,69,79)(H,70,80)(H,71,81)(H,84,85)(H3,66,67,83)/t40-,41+,42+,47-,48-,49+,51-,52?,53?,54?,55+,56+/m0/s1. The molecule has 11 N–H and O–H groups in total. The molecule has 10 amide bonds. The van der Waals surface area contributed by atoms with Crippen molar-refractivity contribution in [2.24, 2.45) is 41.1 Å². The van der Waals surface area contributed by atoms with Crippen molar-refractivity contribution in [2.75, 3.05) is 59.9 Å². The Balaban J connectivity index is 1.91. The first-order valence-electron chi connectivity index (χ1n) is 30.9. The van der Waals surface area contributed by atoms with Crippen molar-refractivity contribution in [3.8, 4) is 0 Å². The predicted octanol–water partition coefficient (Wildman–Crippen LogP) is 5.14. The van der Waals surface area contributed by atoms with Gasteiger partial charge in [-0.3, -0.25) is 33.7 Å². The van der Waals surface area contributed by atoms with Crippen molar-refractivity contribution < 1.29 is 67.6 Å². The number of hydrogen-bond donors (Lipinski definition) is 9. The molecule has 498 valence electrons. The number of carboxylic acid groups (broad SMARTS) is 1. The highest BCUT2D eigenvalue weighted by Crippen LogP contribution is 2.31. The number of primary amides is 1. The van der Waals surface area contributed by atoms with Gasteiger partial charge in [-0.1, -0.05) is 118 Å². The summed E-state index contributed by atoms with van der Waals surface area (Å²) in [5.41, 5.74) is 13.3. The van der Waals surface area contributed by atoms with Gasteiger partial charge in [0.15, 0.2) is 0 Å². The van der Waals surface area contributed by atoms with Crippen LogP contribution in [0.1, 0.15) is 131 Å². The van der Waals surface area contributed by atoms with Crippen LogP contribution in [0, 0.1) is 29.6 Å². The number of nitrogens with two attached hydrogens (primary N) is 2. The van der Waals surface area contributed by atoms with Crippen LogP contribution >= 0.6 is 0 Å². The Hall–Kier alpha value is -7.35. The lowest BCUT2D eigenvalue weighted by atomic mass is 9.89. The van der Waals surface area contributed by atoms with Crippen LogP contribution in [0.5, 0.6) is 0 Å². The molecule has 2 aromatic carbocycles. The van der Waals surface area contributed by atoms with E-state index >= 15 is 0 Å². The molecule has 0 radical (unpaired) electrons. The van der Waals surface area contributed by atoms with Crippen LogP contribution in [0.2, 0.25) is 0 Å². The lowest BCUT2D eigenvalue weighted by molar-refractivity contribution is -0.148. The number of carbonyl (C=O) groups is 9. The zero-order valence-corrected chi connectivity index (χ0v) is 54.8. The second kappa shape index (κ2) is 37.0. The molecule has 2 aromatic rings. The second-order valence-corrected chi connectivity index (χ2v) is 24.3. The number of aliphatic hydroxyl groups excluding tert-OH is 1. The molecule has 25 nitrogen and oxygen atoms in total. The Kier molecular flexibility index (Phi) is 31.5. The van der Waals surface area contributed by atoms with Crippen molar-refractivity contribution in [3.63, 3.8) is 0 Å². The van der Waals surface area contributed by atoms with Gasteiger partial charge in [0.2, 0.25) is 35.4 Å². The number of nitrogens with one attached hydrogen (secondary N) is 5. The fourth-order valence-corrected chi connectivity index (χ4v) is 11.3. The fourth-order valence-electron chi connectivity index (χ4n) is 11.3. The molecule has 0 aromatic heterocycles. The van der Waals surface area contributed by atoms with Gasteiger partial charge in [-0.2, -0.15) is 0 Å². The average molecular weight is 1250 g/mol. The number of rotatable bonds is 36. The van der Waals surface area contributed by atoms with E-state index < -0.39 is 120 Å². The van der Waals surface area contributed by atoms with Gasteiger partial charge in [0, 0.05) is 60.2 Å². The van der Waals surface area contributed by atoms with Crippen LogP contribution in [0.4, 0.5) is 20.1 Å². The number of aliphatic hydroxyl groups is 1. The number of likely N-dealkylation sites (N-methyl/N-ethyl adjacent to an activating group) is 1. The number of carbonyl (C=O) groups excluding carboxylic acids is 8. The lowest BCUT2D eigenvalue weighted by Gasteiger charge is -2.41. The Morgan fingerprint density at radius 3 is 2.06 bits per heavy atom.